The normalized spacial score (nSPS) is 34.4. The lowest BCUT2D eigenvalue weighted by atomic mass is 10.0. The lowest BCUT2D eigenvalue weighted by Crippen LogP contribution is -2.02. The highest BCUT2D eigenvalue weighted by molar-refractivity contribution is 5.84. The standard InChI is InChI=1S/C13H18O/c1-2-3-4-9-12(14)13-10-7-5-6-8-11(10)13/h1,10-11,13H,3-9H2. The van der Waals surface area contributed by atoms with Gasteiger partial charge in [-0.25, -0.2) is 0 Å². The molecule has 0 aromatic rings. The highest BCUT2D eigenvalue weighted by atomic mass is 16.1. The Hall–Kier alpha value is -0.770. The molecule has 0 aromatic heterocycles. The Morgan fingerprint density at radius 3 is 2.50 bits per heavy atom. The van der Waals surface area contributed by atoms with E-state index in [1.807, 2.05) is 0 Å². The van der Waals surface area contributed by atoms with Gasteiger partial charge in [-0.15, -0.1) is 12.3 Å². The van der Waals surface area contributed by atoms with Crippen LogP contribution in [0.5, 0.6) is 0 Å². The molecule has 2 aliphatic carbocycles. The van der Waals surface area contributed by atoms with E-state index < -0.39 is 0 Å². The molecule has 0 amide bonds. The van der Waals surface area contributed by atoms with Crippen LogP contribution in [0.25, 0.3) is 0 Å². The lowest BCUT2D eigenvalue weighted by molar-refractivity contribution is -0.120. The predicted octanol–water partition coefficient (Wildman–Crippen LogP) is 2.80. The zero-order valence-corrected chi connectivity index (χ0v) is 8.67. The smallest absolute Gasteiger partial charge is 0.136 e. The van der Waals surface area contributed by atoms with E-state index in [0.717, 1.165) is 31.1 Å². The third-order valence-corrected chi connectivity index (χ3v) is 3.77. The van der Waals surface area contributed by atoms with E-state index in [1.54, 1.807) is 0 Å². The SMILES string of the molecule is C#CCCCC(=O)C1C2CCCCC21. The number of ketones is 1. The van der Waals surface area contributed by atoms with E-state index in [0.29, 0.717) is 11.7 Å². The topological polar surface area (TPSA) is 17.1 Å². The largest absolute Gasteiger partial charge is 0.299 e. The summed E-state index contributed by atoms with van der Waals surface area (Å²) in [7, 11) is 0. The van der Waals surface area contributed by atoms with Crippen LogP contribution in [0.1, 0.15) is 44.9 Å². The van der Waals surface area contributed by atoms with Crippen LogP contribution >= 0.6 is 0 Å². The van der Waals surface area contributed by atoms with Gasteiger partial charge < -0.3 is 0 Å². The van der Waals surface area contributed by atoms with Crippen molar-refractivity contribution in [2.45, 2.75) is 44.9 Å². The first-order valence-corrected chi connectivity index (χ1v) is 5.81. The molecule has 76 valence electrons. The van der Waals surface area contributed by atoms with E-state index in [9.17, 15) is 4.79 Å². The Balaban J connectivity index is 1.75. The van der Waals surface area contributed by atoms with Crippen molar-refractivity contribution in [2.24, 2.45) is 17.8 Å². The number of hydrogen-bond acceptors (Lipinski definition) is 1. The third kappa shape index (κ3) is 1.85. The van der Waals surface area contributed by atoms with Crippen molar-refractivity contribution < 1.29 is 4.79 Å². The summed E-state index contributed by atoms with van der Waals surface area (Å²) in [5.74, 6) is 5.06. The van der Waals surface area contributed by atoms with Crippen molar-refractivity contribution in [3.05, 3.63) is 0 Å². The number of carbonyl (C=O) groups is 1. The molecular weight excluding hydrogens is 172 g/mol. The maximum atomic E-state index is 11.8. The third-order valence-electron chi connectivity index (χ3n) is 3.77. The molecule has 0 N–H and O–H groups in total. The summed E-state index contributed by atoms with van der Waals surface area (Å²) in [6.07, 6.45) is 12.8. The van der Waals surface area contributed by atoms with Gasteiger partial charge in [-0.3, -0.25) is 4.79 Å². The summed E-state index contributed by atoms with van der Waals surface area (Å²) < 4.78 is 0. The molecule has 0 aliphatic heterocycles. The molecule has 1 nitrogen and oxygen atoms in total. The summed E-state index contributed by atoms with van der Waals surface area (Å²) in [6.45, 7) is 0. The second kappa shape index (κ2) is 4.17. The predicted molar refractivity (Wildman–Crippen MR) is 56.6 cm³/mol. The first-order chi connectivity index (χ1) is 6.84. The first-order valence-electron chi connectivity index (χ1n) is 5.81. The summed E-state index contributed by atoms with van der Waals surface area (Å²) in [5.41, 5.74) is 0. The second-order valence-electron chi connectivity index (χ2n) is 4.66. The van der Waals surface area contributed by atoms with Crippen molar-refractivity contribution in [1.82, 2.24) is 0 Å². The van der Waals surface area contributed by atoms with Gasteiger partial charge in [-0.05, 0) is 31.1 Å². The van der Waals surface area contributed by atoms with Crippen molar-refractivity contribution in [3.63, 3.8) is 0 Å². The fourth-order valence-electron chi connectivity index (χ4n) is 3.00. The van der Waals surface area contributed by atoms with Crippen LogP contribution < -0.4 is 0 Å². The number of unbranched alkanes of at least 4 members (excludes halogenated alkanes) is 1. The molecule has 2 atom stereocenters. The van der Waals surface area contributed by atoms with Crippen LogP contribution in [0.2, 0.25) is 0 Å². The van der Waals surface area contributed by atoms with Gasteiger partial charge >= 0.3 is 0 Å². The van der Waals surface area contributed by atoms with E-state index >= 15 is 0 Å². The van der Waals surface area contributed by atoms with Crippen LogP contribution in [0.15, 0.2) is 0 Å². The van der Waals surface area contributed by atoms with Gasteiger partial charge in [0.15, 0.2) is 0 Å². The molecule has 0 radical (unpaired) electrons. The molecule has 2 fully saturated rings. The number of Topliss-reactive ketones (excluding diaryl/α,β-unsaturated/α-hetero) is 1. The number of hydrogen-bond donors (Lipinski definition) is 0. The molecule has 0 bridgehead atoms. The van der Waals surface area contributed by atoms with Crippen LogP contribution in [0.3, 0.4) is 0 Å². The van der Waals surface area contributed by atoms with Gasteiger partial charge in [0.2, 0.25) is 0 Å². The molecule has 0 heterocycles. The number of carbonyl (C=O) groups excluding carboxylic acids is 1. The van der Waals surface area contributed by atoms with Crippen molar-refractivity contribution >= 4 is 5.78 Å². The highest BCUT2D eigenvalue weighted by Gasteiger charge is 2.53. The number of fused-ring (bicyclic) bond motifs is 1. The molecule has 2 rings (SSSR count). The average molecular weight is 190 g/mol. The Bertz CT molecular complexity index is 249. The van der Waals surface area contributed by atoms with E-state index in [1.165, 1.54) is 25.7 Å². The molecule has 0 saturated heterocycles. The molecule has 2 unspecified atom stereocenters. The maximum Gasteiger partial charge on any atom is 0.136 e. The molecule has 2 saturated carbocycles. The van der Waals surface area contributed by atoms with Crippen molar-refractivity contribution in [2.75, 3.05) is 0 Å². The molecule has 0 spiro atoms. The van der Waals surface area contributed by atoms with Crippen LogP contribution in [0, 0.1) is 30.1 Å². The van der Waals surface area contributed by atoms with Gasteiger partial charge in [-0.1, -0.05) is 12.8 Å². The van der Waals surface area contributed by atoms with Gasteiger partial charge in [0.25, 0.3) is 0 Å². The number of terminal acetylenes is 1. The average Bonchev–Trinajstić information content (AvgIpc) is 2.92. The van der Waals surface area contributed by atoms with Crippen molar-refractivity contribution in [1.29, 1.82) is 0 Å². The summed E-state index contributed by atoms with van der Waals surface area (Å²) in [4.78, 5) is 11.8. The van der Waals surface area contributed by atoms with Gasteiger partial charge in [0, 0.05) is 18.8 Å². The quantitative estimate of drug-likeness (QED) is 0.492. The lowest BCUT2D eigenvalue weighted by Gasteiger charge is -2.04. The first kappa shape index (κ1) is 9.77. The van der Waals surface area contributed by atoms with E-state index in [2.05, 4.69) is 5.92 Å². The minimum absolute atomic E-state index is 0.440. The minimum atomic E-state index is 0.440. The summed E-state index contributed by atoms with van der Waals surface area (Å²) in [5, 5.41) is 0. The van der Waals surface area contributed by atoms with Gasteiger partial charge in [0.1, 0.15) is 5.78 Å². The Morgan fingerprint density at radius 2 is 1.93 bits per heavy atom. The fraction of sp³-hybridized carbons (Fsp3) is 0.769. The van der Waals surface area contributed by atoms with E-state index in [-0.39, 0.29) is 0 Å². The molecule has 0 aromatic carbocycles. The summed E-state index contributed by atoms with van der Waals surface area (Å²) >= 11 is 0. The highest BCUT2D eigenvalue weighted by Crippen LogP contribution is 2.56. The molecule has 14 heavy (non-hydrogen) atoms. The van der Waals surface area contributed by atoms with Gasteiger partial charge in [0.05, 0.1) is 0 Å². The Kier molecular flexibility index (Phi) is 2.91. The van der Waals surface area contributed by atoms with Crippen LogP contribution in [-0.4, -0.2) is 5.78 Å². The van der Waals surface area contributed by atoms with E-state index in [4.69, 9.17) is 6.42 Å². The number of rotatable bonds is 4. The fourth-order valence-corrected chi connectivity index (χ4v) is 3.00. The second-order valence-corrected chi connectivity index (χ2v) is 4.66. The molecule has 1 heteroatoms. The summed E-state index contributed by atoms with van der Waals surface area (Å²) in [6, 6.07) is 0. The maximum absolute atomic E-state index is 11.8. The Labute approximate surface area is 86.3 Å². The molecule has 2 aliphatic rings. The zero-order chi connectivity index (χ0) is 9.97. The monoisotopic (exact) mass is 190 g/mol. The van der Waals surface area contributed by atoms with Crippen LogP contribution in [0.4, 0.5) is 0 Å². The Morgan fingerprint density at radius 1 is 1.29 bits per heavy atom. The molecular formula is C13H18O. The van der Waals surface area contributed by atoms with Crippen LogP contribution in [-0.2, 0) is 4.79 Å². The van der Waals surface area contributed by atoms with Gasteiger partial charge in [-0.2, -0.15) is 0 Å². The zero-order valence-electron chi connectivity index (χ0n) is 8.67. The minimum Gasteiger partial charge on any atom is -0.299 e. The van der Waals surface area contributed by atoms with Crippen molar-refractivity contribution in [3.8, 4) is 12.3 Å².